The molecule has 0 unspecified atom stereocenters. The highest BCUT2D eigenvalue weighted by molar-refractivity contribution is 5.92. The Morgan fingerprint density at radius 2 is 2.33 bits per heavy atom. The Labute approximate surface area is 121 Å². The quantitative estimate of drug-likeness (QED) is 0.713. The molecule has 112 valence electrons. The van der Waals surface area contributed by atoms with Gasteiger partial charge in [-0.05, 0) is 18.6 Å². The number of pyridine rings is 1. The summed E-state index contributed by atoms with van der Waals surface area (Å²) < 4.78 is 6.86. The number of carbonyl (C=O) groups is 1. The number of aromatic hydroxyl groups is 1. The summed E-state index contributed by atoms with van der Waals surface area (Å²) in [5, 5.41) is 19.7. The van der Waals surface area contributed by atoms with Gasteiger partial charge in [0.1, 0.15) is 17.8 Å². The Morgan fingerprint density at radius 3 is 3.05 bits per heavy atom. The van der Waals surface area contributed by atoms with Crippen molar-refractivity contribution >= 4 is 5.91 Å². The molecule has 0 aliphatic heterocycles. The normalized spacial score (nSPS) is 10.5. The van der Waals surface area contributed by atoms with Crippen LogP contribution in [0.4, 0.5) is 0 Å². The summed E-state index contributed by atoms with van der Waals surface area (Å²) in [5.74, 6) is 0.351. The molecule has 2 rings (SSSR count). The van der Waals surface area contributed by atoms with Crippen LogP contribution < -0.4 is 5.32 Å². The van der Waals surface area contributed by atoms with Crippen molar-refractivity contribution in [2.45, 2.75) is 19.5 Å². The lowest BCUT2D eigenvalue weighted by Crippen LogP contribution is -2.25. The molecule has 0 bridgehead atoms. The Morgan fingerprint density at radius 1 is 1.48 bits per heavy atom. The fraction of sp³-hybridized carbons (Fsp3) is 0.385. The molecule has 2 aromatic rings. The Kier molecular flexibility index (Phi) is 5.22. The molecular weight excluding hydrogens is 274 g/mol. The second-order valence-corrected chi connectivity index (χ2v) is 4.37. The van der Waals surface area contributed by atoms with Crippen LogP contribution in [-0.4, -0.2) is 44.5 Å². The van der Waals surface area contributed by atoms with Gasteiger partial charge in [0.05, 0.1) is 12.7 Å². The van der Waals surface area contributed by atoms with Gasteiger partial charge in [-0.3, -0.25) is 4.79 Å². The van der Waals surface area contributed by atoms with Crippen LogP contribution in [0.25, 0.3) is 0 Å². The van der Waals surface area contributed by atoms with Crippen LogP contribution in [0, 0.1) is 0 Å². The van der Waals surface area contributed by atoms with Crippen molar-refractivity contribution in [1.29, 1.82) is 0 Å². The average Bonchev–Trinajstić information content (AvgIpc) is 2.93. The standard InChI is InChI=1S/C13H17N5O3/c1-21-6-2-5-18-9-16-17-12(18)8-15-13(20)11-4-3-10(19)7-14-11/h3-4,7,9,19H,2,5-6,8H2,1H3,(H,15,20). The third-order valence-corrected chi connectivity index (χ3v) is 2.83. The number of nitrogens with zero attached hydrogens (tertiary/aromatic N) is 4. The summed E-state index contributed by atoms with van der Waals surface area (Å²) in [5.41, 5.74) is 0.234. The van der Waals surface area contributed by atoms with E-state index >= 15 is 0 Å². The second-order valence-electron chi connectivity index (χ2n) is 4.37. The zero-order chi connectivity index (χ0) is 15.1. The molecule has 2 N–H and O–H groups in total. The number of nitrogens with one attached hydrogen (secondary N) is 1. The lowest BCUT2D eigenvalue weighted by molar-refractivity contribution is 0.0944. The van der Waals surface area contributed by atoms with Crippen molar-refractivity contribution in [2.75, 3.05) is 13.7 Å². The lowest BCUT2D eigenvalue weighted by atomic mass is 10.3. The first kappa shape index (κ1) is 14.9. The monoisotopic (exact) mass is 291 g/mol. The topological polar surface area (TPSA) is 102 Å². The predicted molar refractivity (Wildman–Crippen MR) is 73.6 cm³/mol. The minimum absolute atomic E-state index is 0.0180. The van der Waals surface area contributed by atoms with E-state index in [0.717, 1.165) is 13.0 Å². The lowest BCUT2D eigenvalue weighted by Gasteiger charge is -2.07. The van der Waals surface area contributed by atoms with E-state index in [-0.39, 0.29) is 23.9 Å². The van der Waals surface area contributed by atoms with Crippen molar-refractivity contribution in [3.05, 3.63) is 36.2 Å². The Bertz CT molecular complexity index is 582. The smallest absolute Gasteiger partial charge is 0.270 e. The second kappa shape index (κ2) is 7.34. The minimum Gasteiger partial charge on any atom is -0.506 e. The van der Waals surface area contributed by atoms with Crippen LogP contribution in [0.2, 0.25) is 0 Å². The number of amides is 1. The van der Waals surface area contributed by atoms with E-state index in [1.807, 2.05) is 4.57 Å². The molecule has 0 spiro atoms. The van der Waals surface area contributed by atoms with Gasteiger partial charge in [0, 0.05) is 20.3 Å². The van der Waals surface area contributed by atoms with Crippen molar-refractivity contribution in [3.63, 3.8) is 0 Å². The van der Waals surface area contributed by atoms with E-state index in [1.54, 1.807) is 13.4 Å². The molecule has 1 amide bonds. The molecule has 0 saturated carbocycles. The average molecular weight is 291 g/mol. The van der Waals surface area contributed by atoms with E-state index in [0.29, 0.717) is 12.4 Å². The molecule has 0 aliphatic carbocycles. The van der Waals surface area contributed by atoms with E-state index in [1.165, 1.54) is 18.3 Å². The van der Waals surface area contributed by atoms with Gasteiger partial charge in [-0.25, -0.2) is 4.98 Å². The van der Waals surface area contributed by atoms with Gasteiger partial charge in [0.25, 0.3) is 5.91 Å². The number of hydrogen-bond donors (Lipinski definition) is 2. The molecule has 0 radical (unpaired) electrons. The van der Waals surface area contributed by atoms with Crippen LogP contribution in [0.15, 0.2) is 24.7 Å². The van der Waals surface area contributed by atoms with Crippen LogP contribution in [0.3, 0.4) is 0 Å². The maximum Gasteiger partial charge on any atom is 0.270 e. The molecule has 0 atom stereocenters. The van der Waals surface area contributed by atoms with Crippen molar-refractivity contribution < 1.29 is 14.6 Å². The van der Waals surface area contributed by atoms with Gasteiger partial charge < -0.3 is 19.7 Å². The fourth-order valence-corrected chi connectivity index (χ4v) is 1.75. The predicted octanol–water partition coefficient (Wildman–Crippen LogP) is 0.345. The van der Waals surface area contributed by atoms with Crippen LogP contribution in [0.1, 0.15) is 22.7 Å². The van der Waals surface area contributed by atoms with Crippen molar-refractivity contribution in [1.82, 2.24) is 25.1 Å². The minimum atomic E-state index is -0.332. The first-order valence-electron chi connectivity index (χ1n) is 6.49. The number of hydrogen-bond acceptors (Lipinski definition) is 6. The highest BCUT2D eigenvalue weighted by Gasteiger charge is 2.09. The van der Waals surface area contributed by atoms with Crippen LogP contribution in [0.5, 0.6) is 5.75 Å². The first-order valence-corrected chi connectivity index (χ1v) is 6.49. The molecule has 0 fully saturated rings. The molecular formula is C13H17N5O3. The van der Waals surface area contributed by atoms with Crippen molar-refractivity contribution in [2.24, 2.45) is 0 Å². The Hall–Kier alpha value is -2.48. The highest BCUT2D eigenvalue weighted by atomic mass is 16.5. The van der Waals surface area contributed by atoms with Gasteiger partial charge in [-0.2, -0.15) is 0 Å². The van der Waals surface area contributed by atoms with E-state index in [4.69, 9.17) is 9.84 Å². The summed E-state index contributed by atoms with van der Waals surface area (Å²) >= 11 is 0. The third kappa shape index (κ3) is 4.25. The summed E-state index contributed by atoms with van der Waals surface area (Å²) in [7, 11) is 1.65. The van der Waals surface area contributed by atoms with Gasteiger partial charge in [-0.1, -0.05) is 0 Å². The first-order chi connectivity index (χ1) is 10.2. The van der Waals surface area contributed by atoms with Crippen molar-refractivity contribution in [3.8, 4) is 5.75 Å². The molecule has 21 heavy (non-hydrogen) atoms. The van der Waals surface area contributed by atoms with E-state index < -0.39 is 0 Å². The van der Waals surface area contributed by atoms with Crippen LogP contribution in [-0.2, 0) is 17.8 Å². The number of rotatable bonds is 7. The number of methoxy groups -OCH3 is 1. The van der Waals surface area contributed by atoms with Gasteiger partial charge in [0.2, 0.25) is 0 Å². The highest BCUT2D eigenvalue weighted by Crippen LogP contribution is 2.06. The number of carbonyl (C=O) groups excluding carboxylic acids is 1. The zero-order valence-corrected chi connectivity index (χ0v) is 11.7. The molecule has 0 aromatic carbocycles. The largest absolute Gasteiger partial charge is 0.506 e. The summed E-state index contributed by atoms with van der Waals surface area (Å²) in [6.45, 7) is 1.64. The van der Waals surface area contributed by atoms with Gasteiger partial charge in [-0.15, -0.1) is 10.2 Å². The maximum absolute atomic E-state index is 11.9. The molecule has 8 nitrogen and oxygen atoms in total. The number of aromatic nitrogens is 4. The summed E-state index contributed by atoms with van der Waals surface area (Å²) in [6, 6.07) is 2.86. The maximum atomic E-state index is 11.9. The van der Waals surface area contributed by atoms with E-state index in [2.05, 4.69) is 20.5 Å². The summed E-state index contributed by atoms with van der Waals surface area (Å²) in [6.07, 6.45) is 3.69. The number of ether oxygens (including phenoxy) is 1. The molecule has 2 heterocycles. The zero-order valence-electron chi connectivity index (χ0n) is 11.7. The fourth-order valence-electron chi connectivity index (χ4n) is 1.75. The SMILES string of the molecule is COCCCn1cnnc1CNC(=O)c1ccc(O)cn1. The molecule has 8 heteroatoms. The van der Waals surface area contributed by atoms with Crippen LogP contribution >= 0.6 is 0 Å². The van der Waals surface area contributed by atoms with Gasteiger partial charge in [0.15, 0.2) is 5.82 Å². The number of aryl methyl sites for hydroxylation is 1. The van der Waals surface area contributed by atoms with E-state index in [9.17, 15) is 4.79 Å². The third-order valence-electron chi connectivity index (χ3n) is 2.83. The molecule has 2 aromatic heterocycles. The molecule has 0 aliphatic rings. The summed E-state index contributed by atoms with van der Waals surface area (Å²) in [4.78, 5) is 15.7. The molecule has 0 saturated heterocycles. The van der Waals surface area contributed by atoms with Gasteiger partial charge >= 0.3 is 0 Å². The Balaban J connectivity index is 1.89.